The molecule has 1 heterocycles. The molecule has 176 valence electrons. The van der Waals surface area contributed by atoms with Crippen LogP contribution in [0.2, 0.25) is 0 Å². The number of nitrogens with one attached hydrogen (secondary N) is 2. The number of aromatic nitrogens is 2. The van der Waals surface area contributed by atoms with Crippen molar-refractivity contribution in [2.45, 2.75) is 18.2 Å². The van der Waals surface area contributed by atoms with Gasteiger partial charge < -0.3 is 5.32 Å². The number of aryl methyl sites for hydroxylation is 2. The van der Waals surface area contributed by atoms with E-state index in [1.54, 1.807) is 48.5 Å². The average Bonchev–Trinajstić information content (AvgIpc) is 3.32. The lowest BCUT2D eigenvalue weighted by Gasteiger charge is -2.08. The maximum absolute atomic E-state index is 12.6. The third-order valence-electron chi connectivity index (χ3n) is 5.07. The van der Waals surface area contributed by atoms with Crippen LogP contribution in [0.25, 0.3) is 0 Å². The van der Waals surface area contributed by atoms with Crippen molar-refractivity contribution < 1.29 is 14.4 Å². The van der Waals surface area contributed by atoms with Crippen LogP contribution in [-0.4, -0.2) is 33.5 Å². The van der Waals surface area contributed by atoms with Crippen LogP contribution in [0.3, 0.4) is 0 Å². The maximum Gasteiger partial charge on any atom is 0.257 e. The predicted molar refractivity (Wildman–Crippen MR) is 139 cm³/mol. The Morgan fingerprint density at radius 1 is 0.829 bits per heavy atom. The van der Waals surface area contributed by atoms with Crippen LogP contribution in [-0.2, 0) is 4.79 Å². The molecule has 0 atom stereocenters. The van der Waals surface area contributed by atoms with Gasteiger partial charge in [0.05, 0.1) is 5.75 Å². The minimum atomic E-state index is -0.357. The largest absolute Gasteiger partial charge is 0.325 e. The Hall–Kier alpha value is -3.82. The lowest BCUT2D eigenvalue weighted by molar-refractivity contribution is -0.113. The number of anilines is 2. The van der Waals surface area contributed by atoms with E-state index in [4.69, 9.17) is 0 Å². The molecule has 1 aromatic heterocycles. The number of nitrogens with zero attached hydrogens (tertiary/aromatic N) is 2. The fourth-order valence-corrected chi connectivity index (χ4v) is 4.75. The third kappa shape index (κ3) is 6.40. The van der Waals surface area contributed by atoms with E-state index in [-0.39, 0.29) is 23.4 Å². The van der Waals surface area contributed by atoms with E-state index in [1.807, 2.05) is 38.1 Å². The van der Waals surface area contributed by atoms with Crippen molar-refractivity contribution in [1.82, 2.24) is 10.2 Å². The van der Waals surface area contributed by atoms with Gasteiger partial charge in [-0.3, -0.25) is 19.7 Å². The molecular weight excluding hydrogens is 480 g/mol. The van der Waals surface area contributed by atoms with Crippen LogP contribution in [0.4, 0.5) is 10.8 Å². The first-order valence-electron chi connectivity index (χ1n) is 10.7. The van der Waals surface area contributed by atoms with Crippen LogP contribution in [0.1, 0.15) is 37.4 Å². The Labute approximate surface area is 211 Å². The van der Waals surface area contributed by atoms with Gasteiger partial charge in [0, 0.05) is 22.4 Å². The van der Waals surface area contributed by atoms with E-state index in [9.17, 15) is 14.4 Å². The molecule has 35 heavy (non-hydrogen) atoms. The summed E-state index contributed by atoms with van der Waals surface area (Å²) >= 11 is 2.44. The molecule has 7 nitrogen and oxygen atoms in total. The van der Waals surface area contributed by atoms with Gasteiger partial charge in [0.2, 0.25) is 11.0 Å². The Balaban J connectivity index is 1.30. The van der Waals surface area contributed by atoms with Gasteiger partial charge in [-0.05, 0) is 43.2 Å². The zero-order valence-electron chi connectivity index (χ0n) is 19.1. The normalized spacial score (nSPS) is 10.6. The number of rotatable bonds is 8. The van der Waals surface area contributed by atoms with E-state index in [0.29, 0.717) is 26.2 Å². The first-order valence-corrected chi connectivity index (χ1v) is 12.5. The molecule has 3 aromatic carbocycles. The lowest BCUT2D eigenvalue weighted by Crippen LogP contribution is -2.14. The number of carbonyl (C=O) groups excluding carboxylic acids is 3. The second-order valence-corrected chi connectivity index (χ2v) is 9.95. The first-order chi connectivity index (χ1) is 16.9. The molecule has 0 unspecified atom stereocenters. The van der Waals surface area contributed by atoms with Gasteiger partial charge in [-0.1, -0.05) is 77.7 Å². The molecule has 0 aliphatic rings. The van der Waals surface area contributed by atoms with Crippen LogP contribution in [0.5, 0.6) is 0 Å². The van der Waals surface area contributed by atoms with E-state index in [1.165, 1.54) is 23.1 Å². The van der Waals surface area contributed by atoms with E-state index in [2.05, 4.69) is 20.8 Å². The lowest BCUT2D eigenvalue weighted by atomic mass is 10.0. The zero-order chi connectivity index (χ0) is 24.8. The zero-order valence-corrected chi connectivity index (χ0v) is 20.7. The summed E-state index contributed by atoms with van der Waals surface area (Å²) in [4.78, 5) is 37.4. The summed E-state index contributed by atoms with van der Waals surface area (Å²) in [6.45, 7) is 3.91. The smallest absolute Gasteiger partial charge is 0.257 e. The summed E-state index contributed by atoms with van der Waals surface area (Å²) < 4.78 is 0.570. The minimum Gasteiger partial charge on any atom is -0.325 e. The van der Waals surface area contributed by atoms with Gasteiger partial charge in [0.1, 0.15) is 0 Å². The molecule has 4 rings (SSSR count). The highest BCUT2D eigenvalue weighted by molar-refractivity contribution is 8.01. The van der Waals surface area contributed by atoms with Crippen LogP contribution in [0, 0.1) is 13.8 Å². The van der Waals surface area contributed by atoms with Gasteiger partial charge in [-0.2, -0.15) is 0 Å². The topological polar surface area (TPSA) is 101 Å². The van der Waals surface area contributed by atoms with E-state index in [0.717, 1.165) is 16.8 Å². The molecule has 4 aromatic rings. The van der Waals surface area contributed by atoms with Crippen LogP contribution in [0.15, 0.2) is 77.1 Å². The van der Waals surface area contributed by atoms with E-state index < -0.39 is 0 Å². The highest BCUT2D eigenvalue weighted by Gasteiger charge is 2.14. The molecule has 0 radical (unpaired) electrons. The molecule has 2 N–H and O–H groups in total. The van der Waals surface area contributed by atoms with Gasteiger partial charge in [-0.25, -0.2) is 0 Å². The molecule has 9 heteroatoms. The Morgan fingerprint density at radius 2 is 1.51 bits per heavy atom. The van der Waals surface area contributed by atoms with Crippen molar-refractivity contribution in [1.29, 1.82) is 0 Å². The molecule has 2 amide bonds. The molecule has 0 fully saturated rings. The molecule has 0 aliphatic heterocycles. The standard InChI is InChI=1S/C26H22N4O3S2/c1-16-8-9-17(2)21(14-16)27-22(31)15-34-26-30-29-25(35-26)28-24(33)20-12-10-19(11-13-20)23(32)18-6-4-3-5-7-18/h3-14H,15H2,1-2H3,(H,27,31)(H,28,29,33). The first kappa shape index (κ1) is 24.3. The predicted octanol–water partition coefficient (Wildman–Crippen LogP) is 5.37. The summed E-state index contributed by atoms with van der Waals surface area (Å²) in [5.41, 5.74) is 4.34. The minimum absolute atomic E-state index is 0.107. The van der Waals surface area contributed by atoms with E-state index >= 15 is 0 Å². The van der Waals surface area contributed by atoms with Crippen molar-refractivity contribution in [2.75, 3.05) is 16.4 Å². The number of hydrogen-bond acceptors (Lipinski definition) is 7. The van der Waals surface area contributed by atoms with Gasteiger partial charge in [0.25, 0.3) is 5.91 Å². The summed E-state index contributed by atoms with van der Waals surface area (Å²) in [6, 6.07) is 21.3. The number of amides is 2. The summed E-state index contributed by atoms with van der Waals surface area (Å²) in [5, 5.41) is 14.0. The van der Waals surface area contributed by atoms with Gasteiger partial charge >= 0.3 is 0 Å². The highest BCUT2D eigenvalue weighted by atomic mass is 32.2. The van der Waals surface area contributed by atoms with Crippen molar-refractivity contribution in [3.63, 3.8) is 0 Å². The quantitative estimate of drug-likeness (QED) is 0.191. The van der Waals surface area contributed by atoms with Crippen LogP contribution < -0.4 is 10.6 Å². The molecule has 0 aliphatic carbocycles. The van der Waals surface area contributed by atoms with Crippen molar-refractivity contribution in [3.8, 4) is 0 Å². The van der Waals surface area contributed by atoms with Crippen LogP contribution >= 0.6 is 23.1 Å². The summed E-state index contributed by atoms with van der Waals surface area (Å²) in [5.74, 6) is -0.434. The number of benzene rings is 3. The third-order valence-corrected chi connectivity index (χ3v) is 7.04. The fourth-order valence-electron chi connectivity index (χ4n) is 3.20. The summed E-state index contributed by atoms with van der Waals surface area (Å²) in [7, 11) is 0. The number of ketones is 1. The number of thioether (sulfide) groups is 1. The number of hydrogen-bond donors (Lipinski definition) is 2. The second-order valence-electron chi connectivity index (χ2n) is 7.75. The maximum atomic E-state index is 12.6. The van der Waals surface area contributed by atoms with Crippen molar-refractivity contribution >= 4 is 51.5 Å². The Morgan fingerprint density at radius 3 is 2.26 bits per heavy atom. The Bertz CT molecular complexity index is 1370. The van der Waals surface area contributed by atoms with Crippen molar-refractivity contribution in [2.24, 2.45) is 0 Å². The highest BCUT2D eigenvalue weighted by Crippen LogP contribution is 2.26. The van der Waals surface area contributed by atoms with Gasteiger partial charge in [0.15, 0.2) is 10.1 Å². The monoisotopic (exact) mass is 502 g/mol. The Kier molecular flexibility index (Phi) is 7.69. The van der Waals surface area contributed by atoms with Gasteiger partial charge in [-0.15, -0.1) is 10.2 Å². The molecule has 0 saturated carbocycles. The second kappa shape index (κ2) is 11.1. The fraction of sp³-hybridized carbons (Fsp3) is 0.115. The molecule has 0 saturated heterocycles. The molecule has 0 bridgehead atoms. The average molecular weight is 503 g/mol. The molecule has 0 spiro atoms. The SMILES string of the molecule is Cc1ccc(C)c(NC(=O)CSc2nnc(NC(=O)c3ccc(C(=O)c4ccccc4)cc3)s2)c1. The van der Waals surface area contributed by atoms with Crippen molar-refractivity contribution in [3.05, 3.63) is 101 Å². The summed E-state index contributed by atoms with van der Waals surface area (Å²) in [6.07, 6.45) is 0. The number of carbonyl (C=O) groups is 3. The molecular formula is C26H22N4O3S2.